The molecule has 0 aliphatic rings. The number of aromatic nitrogens is 3. The number of nitrogens with zero attached hydrogens (tertiary/aromatic N) is 3. The highest BCUT2D eigenvalue weighted by Crippen LogP contribution is 2.12. The van der Waals surface area contributed by atoms with E-state index in [0.717, 1.165) is 25.1 Å². The quantitative estimate of drug-likeness (QED) is 0.404. The van der Waals surface area contributed by atoms with E-state index in [0.29, 0.717) is 0 Å². The molecule has 0 aliphatic heterocycles. The van der Waals surface area contributed by atoms with Gasteiger partial charge in [0.2, 0.25) is 0 Å². The average Bonchev–Trinajstić information content (AvgIpc) is 2.95. The first-order valence-corrected chi connectivity index (χ1v) is 9.40. The van der Waals surface area contributed by atoms with E-state index in [1.807, 2.05) is 4.68 Å². The summed E-state index contributed by atoms with van der Waals surface area (Å²) < 4.78 is 1.98. The average molecular weight is 318 g/mol. The molecule has 1 aromatic rings. The highest BCUT2D eigenvalue weighted by Gasteiger charge is 2.02. The summed E-state index contributed by atoms with van der Waals surface area (Å²) in [6.07, 6.45) is 14.7. The van der Waals surface area contributed by atoms with Crippen molar-refractivity contribution in [1.29, 1.82) is 0 Å². The molecule has 1 rings (SSSR count). The van der Waals surface area contributed by atoms with Crippen LogP contribution in [0.3, 0.4) is 0 Å². The van der Waals surface area contributed by atoms with Gasteiger partial charge in [-0.15, -0.1) is 11.0 Å². The zero-order valence-electron chi connectivity index (χ0n) is 15.7. The van der Waals surface area contributed by atoms with E-state index in [2.05, 4.69) is 56.0 Å². The number of rotatable bonds is 11. The molecule has 3 nitrogen and oxygen atoms in total. The molecule has 0 spiro atoms. The molecule has 0 radical (unpaired) electrons. The van der Waals surface area contributed by atoms with Crippen molar-refractivity contribution in [3.63, 3.8) is 0 Å². The van der Waals surface area contributed by atoms with Gasteiger partial charge in [0.1, 0.15) is 0 Å². The third kappa shape index (κ3) is 11.0. The van der Waals surface area contributed by atoms with Crippen molar-refractivity contribution in [2.75, 3.05) is 0 Å². The maximum atomic E-state index is 4.14. The van der Waals surface area contributed by atoms with Gasteiger partial charge in [0.15, 0.2) is 0 Å². The summed E-state index contributed by atoms with van der Waals surface area (Å²) in [7, 11) is 0. The maximum absolute atomic E-state index is 4.14. The zero-order valence-corrected chi connectivity index (χ0v) is 15.7. The van der Waals surface area contributed by atoms with Crippen molar-refractivity contribution in [2.45, 2.75) is 98.4 Å². The summed E-state index contributed by atoms with van der Waals surface area (Å²) in [5.74, 6) is 6.61. The van der Waals surface area contributed by atoms with Gasteiger partial charge in [-0.3, -0.25) is 4.68 Å². The lowest BCUT2D eigenvalue weighted by molar-refractivity contribution is 0.510. The van der Waals surface area contributed by atoms with Crippen molar-refractivity contribution >= 4 is 0 Å². The van der Waals surface area contributed by atoms with Crippen LogP contribution in [0.5, 0.6) is 0 Å². The van der Waals surface area contributed by atoms with Crippen LogP contribution in [0.2, 0.25) is 0 Å². The molecule has 0 fully saturated rings. The van der Waals surface area contributed by atoms with Gasteiger partial charge in [-0.2, -0.15) is 0 Å². The van der Waals surface area contributed by atoms with Crippen LogP contribution in [0.25, 0.3) is 0 Å². The summed E-state index contributed by atoms with van der Waals surface area (Å²) >= 11 is 0. The van der Waals surface area contributed by atoms with Crippen LogP contribution in [-0.4, -0.2) is 15.0 Å². The molecule has 0 N–H and O–H groups in total. The second kappa shape index (κ2) is 11.3. The molecule has 0 bridgehead atoms. The molecule has 23 heavy (non-hydrogen) atoms. The Hall–Kier alpha value is -1.30. The minimum atomic E-state index is 0.157. The topological polar surface area (TPSA) is 30.7 Å². The molecule has 3 heteroatoms. The SMILES string of the molecule is CCc1cn(CCCCCCCCCCC#CC(C)(C)C)nn1. The van der Waals surface area contributed by atoms with Crippen molar-refractivity contribution in [2.24, 2.45) is 5.41 Å². The predicted octanol–water partition coefficient (Wildman–Crippen LogP) is 5.40. The van der Waals surface area contributed by atoms with E-state index in [1.165, 1.54) is 51.4 Å². The lowest BCUT2D eigenvalue weighted by atomic mass is 9.97. The number of aryl methyl sites for hydroxylation is 2. The van der Waals surface area contributed by atoms with Gasteiger partial charge in [0, 0.05) is 24.6 Å². The molecule has 130 valence electrons. The molecule has 0 amide bonds. The monoisotopic (exact) mass is 317 g/mol. The lowest BCUT2D eigenvalue weighted by Crippen LogP contribution is -1.99. The summed E-state index contributed by atoms with van der Waals surface area (Å²) in [5, 5.41) is 8.26. The van der Waals surface area contributed by atoms with Crippen LogP contribution in [0.4, 0.5) is 0 Å². The fourth-order valence-electron chi connectivity index (χ4n) is 2.49. The number of hydrogen-bond acceptors (Lipinski definition) is 2. The van der Waals surface area contributed by atoms with Crippen LogP contribution < -0.4 is 0 Å². The van der Waals surface area contributed by atoms with E-state index in [-0.39, 0.29) is 5.41 Å². The Balaban J connectivity index is 1.87. The second-order valence-corrected chi connectivity index (χ2v) is 7.46. The standard InChI is InChI=1S/C20H35N3/c1-5-19-18-23(22-21-19)17-15-13-11-9-7-6-8-10-12-14-16-20(2,3)4/h18H,5-13,15,17H2,1-4H3. The van der Waals surface area contributed by atoms with Gasteiger partial charge in [-0.05, 0) is 40.0 Å². The molecule has 0 saturated heterocycles. The second-order valence-electron chi connectivity index (χ2n) is 7.46. The van der Waals surface area contributed by atoms with Gasteiger partial charge < -0.3 is 0 Å². The Morgan fingerprint density at radius 1 is 0.957 bits per heavy atom. The predicted molar refractivity (Wildman–Crippen MR) is 98.2 cm³/mol. The molecule has 0 aromatic carbocycles. The van der Waals surface area contributed by atoms with Crippen molar-refractivity contribution in [1.82, 2.24) is 15.0 Å². The van der Waals surface area contributed by atoms with Crippen LogP contribution >= 0.6 is 0 Å². The normalized spacial score (nSPS) is 11.3. The minimum Gasteiger partial charge on any atom is -0.252 e. The molecule has 0 saturated carbocycles. The minimum absolute atomic E-state index is 0.157. The highest BCUT2D eigenvalue weighted by molar-refractivity contribution is 5.06. The first-order valence-electron chi connectivity index (χ1n) is 9.40. The van der Waals surface area contributed by atoms with Crippen molar-refractivity contribution in [3.8, 4) is 11.8 Å². The number of unbranched alkanes of at least 4 members (excludes halogenated alkanes) is 8. The van der Waals surface area contributed by atoms with Gasteiger partial charge >= 0.3 is 0 Å². The van der Waals surface area contributed by atoms with Gasteiger partial charge in [-0.25, -0.2) is 0 Å². The number of hydrogen-bond donors (Lipinski definition) is 0. The molecule has 1 heterocycles. The third-order valence-corrected chi connectivity index (χ3v) is 3.85. The summed E-state index contributed by atoms with van der Waals surface area (Å²) in [6, 6.07) is 0. The largest absolute Gasteiger partial charge is 0.252 e. The van der Waals surface area contributed by atoms with E-state index < -0.39 is 0 Å². The smallest absolute Gasteiger partial charge is 0.0824 e. The van der Waals surface area contributed by atoms with Crippen molar-refractivity contribution < 1.29 is 0 Å². The highest BCUT2D eigenvalue weighted by atomic mass is 15.4. The molecular formula is C20H35N3. The van der Waals surface area contributed by atoms with Gasteiger partial charge in [-0.1, -0.05) is 56.6 Å². The van der Waals surface area contributed by atoms with Crippen LogP contribution in [-0.2, 0) is 13.0 Å². The first kappa shape index (κ1) is 19.7. The Bertz CT molecular complexity index is 471. The van der Waals surface area contributed by atoms with Crippen LogP contribution in [0.1, 0.15) is 91.2 Å². The molecule has 0 aliphatic carbocycles. The molecular weight excluding hydrogens is 282 g/mol. The van der Waals surface area contributed by atoms with Crippen LogP contribution in [0.15, 0.2) is 6.20 Å². The van der Waals surface area contributed by atoms with E-state index in [1.54, 1.807) is 0 Å². The Labute approximate surface area is 143 Å². The molecule has 1 aromatic heterocycles. The lowest BCUT2D eigenvalue weighted by Gasteiger charge is -2.06. The van der Waals surface area contributed by atoms with Crippen molar-refractivity contribution in [3.05, 3.63) is 11.9 Å². The van der Waals surface area contributed by atoms with E-state index in [9.17, 15) is 0 Å². The Morgan fingerprint density at radius 2 is 1.57 bits per heavy atom. The Morgan fingerprint density at radius 3 is 2.13 bits per heavy atom. The van der Waals surface area contributed by atoms with E-state index >= 15 is 0 Å². The molecule has 0 atom stereocenters. The first-order chi connectivity index (χ1) is 11.0. The van der Waals surface area contributed by atoms with Crippen LogP contribution in [0, 0.1) is 17.3 Å². The van der Waals surface area contributed by atoms with Gasteiger partial charge in [0.25, 0.3) is 0 Å². The summed E-state index contributed by atoms with van der Waals surface area (Å²) in [6.45, 7) is 9.65. The summed E-state index contributed by atoms with van der Waals surface area (Å²) in [4.78, 5) is 0. The van der Waals surface area contributed by atoms with Gasteiger partial charge in [0.05, 0.1) is 5.69 Å². The zero-order chi connectivity index (χ0) is 17.0. The molecule has 0 unspecified atom stereocenters. The fourth-order valence-corrected chi connectivity index (χ4v) is 2.49. The third-order valence-electron chi connectivity index (χ3n) is 3.85. The maximum Gasteiger partial charge on any atom is 0.0824 e. The van der Waals surface area contributed by atoms with E-state index in [4.69, 9.17) is 0 Å². The summed E-state index contributed by atoms with van der Waals surface area (Å²) in [5.41, 5.74) is 1.25. The Kier molecular flexibility index (Phi) is 9.67. The fraction of sp³-hybridized carbons (Fsp3) is 0.800.